The number of hydrogen-bond donors (Lipinski definition) is 0. The first kappa shape index (κ1) is 19.2. The summed E-state index contributed by atoms with van der Waals surface area (Å²) in [4.78, 5) is 0. The maximum atomic E-state index is 2.46. The smallest absolute Gasteiger partial charge is 0.0181 e. The highest BCUT2D eigenvalue weighted by molar-refractivity contribution is 5.65. The van der Waals surface area contributed by atoms with E-state index >= 15 is 0 Å². The average molecular weight is 349 g/mol. The molecule has 0 fully saturated rings. The van der Waals surface area contributed by atoms with Crippen molar-refractivity contribution in [3.05, 3.63) is 59.2 Å². The van der Waals surface area contributed by atoms with Crippen molar-refractivity contribution in [2.24, 2.45) is 11.8 Å². The van der Waals surface area contributed by atoms with Crippen LogP contribution in [0.2, 0.25) is 0 Å². The highest BCUT2D eigenvalue weighted by Crippen LogP contribution is 2.32. The van der Waals surface area contributed by atoms with Gasteiger partial charge in [-0.3, -0.25) is 0 Å². The number of rotatable bonds is 8. The minimum absolute atomic E-state index is 0.773. The molecule has 0 aliphatic heterocycles. The van der Waals surface area contributed by atoms with Gasteiger partial charge in [0.05, 0.1) is 0 Å². The molecular formula is C26H36. The molecule has 0 heteroatoms. The van der Waals surface area contributed by atoms with E-state index in [4.69, 9.17) is 0 Å². The van der Waals surface area contributed by atoms with Gasteiger partial charge in [0.15, 0.2) is 0 Å². The summed E-state index contributed by atoms with van der Waals surface area (Å²) in [6.07, 6.45) is 12.0. The third-order valence-corrected chi connectivity index (χ3v) is 6.32. The molecule has 0 amide bonds. The fourth-order valence-corrected chi connectivity index (χ4v) is 4.32. The zero-order valence-corrected chi connectivity index (χ0v) is 17.1. The van der Waals surface area contributed by atoms with E-state index in [1.807, 2.05) is 0 Å². The summed E-state index contributed by atoms with van der Waals surface area (Å²) in [7, 11) is 0. The minimum atomic E-state index is 0.773. The Bertz CT molecular complexity index is 680. The lowest BCUT2D eigenvalue weighted by molar-refractivity contribution is 0.408. The van der Waals surface area contributed by atoms with E-state index in [1.165, 1.54) is 74.5 Å². The summed E-state index contributed by atoms with van der Waals surface area (Å²) in [5.74, 6) is 1.69. The third kappa shape index (κ3) is 5.00. The van der Waals surface area contributed by atoms with Gasteiger partial charge in [0, 0.05) is 0 Å². The van der Waals surface area contributed by atoms with E-state index in [0.29, 0.717) is 0 Å². The molecule has 0 spiro atoms. The van der Waals surface area contributed by atoms with Crippen molar-refractivity contribution in [2.75, 3.05) is 0 Å². The summed E-state index contributed by atoms with van der Waals surface area (Å²) in [5.41, 5.74) is 7.43. The van der Waals surface area contributed by atoms with E-state index < -0.39 is 0 Å². The molecule has 0 nitrogen and oxygen atoms in total. The Morgan fingerprint density at radius 1 is 0.923 bits per heavy atom. The van der Waals surface area contributed by atoms with E-state index in [0.717, 1.165) is 11.8 Å². The number of aryl methyl sites for hydroxylation is 1. The second kappa shape index (κ2) is 9.40. The SMILES string of the molecule is CCCCCC1CCc2cc(-c3ccc(CC(C)CC)cc3)ccc2C1. The largest absolute Gasteiger partial charge is 0.0654 e. The molecule has 0 radical (unpaired) electrons. The number of unbranched alkanes of at least 4 members (excludes halogenated alkanes) is 2. The molecular weight excluding hydrogens is 312 g/mol. The highest BCUT2D eigenvalue weighted by Gasteiger charge is 2.18. The lowest BCUT2D eigenvalue weighted by atomic mass is 9.80. The van der Waals surface area contributed by atoms with Crippen LogP contribution in [0.15, 0.2) is 42.5 Å². The molecule has 2 atom stereocenters. The van der Waals surface area contributed by atoms with Gasteiger partial charge in [-0.25, -0.2) is 0 Å². The quantitative estimate of drug-likeness (QED) is 0.430. The Balaban J connectivity index is 1.66. The molecule has 0 bridgehead atoms. The molecule has 0 heterocycles. The van der Waals surface area contributed by atoms with Crippen molar-refractivity contribution in [3.8, 4) is 11.1 Å². The van der Waals surface area contributed by atoms with Crippen LogP contribution in [-0.4, -0.2) is 0 Å². The first-order valence-corrected chi connectivity index (χ1v) is 10.9. The van der Waals surface area contributed by atoms with Crippen LogP contribution in [0.1, 0.15) is 76.0 Å². The molecule has 2 unspecified atom stereocenters. The lowest BCUT2D eigenvalue weighted by Gasteiger charge is -2.25. The van der Waals surface area contributed by atoms with Crippen LogP contribution >= 0.6 is 0 Å². The van der Waals surface area contributed by atoms with Gasteiger partial charge in [-0.2, -0.15) is 0 Å². The fourth-order valence-electron chi connectivity index (χ4n) is 4.32. The van der Waals surface area contributed by atoms with E-state index in [1.54, 1.807) is 11.1 Å². The van der Waals surface area contributed by atoms with Gasteiger partial charge in [-0.15, -0.1) is 0 Å². The Labute approximate surface area is 161 Å². The van der Waals surface area contributed by atoms with Gasteiger partial charge >= 0.3 is 0 Å². The monoisotopic (exact) mass is 348 g/mol. The molecule has 0 N–H and O–H groups in total. The summed E-state index contributed by atoms with van der Waals surface area (Å²) >= 11 is 0. The molecule has 0 saturated carbocycles. The van der Waals surface area contributed by atoms with Crippen molar-refractivity contribution < 1.29 is 0 Å². The van der Waals surface area contributed by atoms with Gasteiger partial charge in [0.2, 0.25) is 0 Å². The standard InChI is InChI=1S/C26H36/c1-4-6-7-8-21-11-14-26-19-25(16-15-24(26)18-21)23-12-9-22(10-13-23)17-20(3)5-2/h9-10,12-13,15-16,19-21H,4-8,11,14,17-18H2,1-3H3. The highest BCUT2D eigenvalue weighted by atomic mass is 14.2. The maximum absolute atomic E-state index is 2.46. The van der Waals surface area contributed by atoms with Gasteiger partial charge < -0.3 is 0 Å². The van der Waals surface area contributed by atoms with Crippen LogP contribution < -0.4 is 0 Å². The van der Waals surface area contributed by atoms with Crippen LogP contribution in [0.25, 0.3) is 11.1 Å². The van der Waals surface area contributed by atoms with Crippen LogP contribution in [0, 0.1) is 11.8 Å². The molecule has 1 aliphatic carbocycles. The van der Waals surface area contributed by atoms with Crippen LogP contribution in [-0.2, 0) is 19.3 Å². The molecule has 1 aliphatic rings. The van der Waals surface area contributed by atoms with Gasteiger partial charge in [-0.05, 0) is 65.3 Å². The Morgan fingerprint density at radius 2 is 1.69 bits per heavy atom. The fraction of sp³-hybridized carbons (Fsp3) is 0.538. The van der Waals surface area contributed by atoms with E-state index in [-0.39, 0.29) is 0 Å². The Kier molecular flexibility index (Phi) is 6.94. The van der Waals surface area contributed by atoms with Gasteiger partial charge in [-0.1, -0.05) is 95.3 Å². The van der Waals surface area contributed by atoms with Crippen LogP contribution in [0.4, 0.5) is 0 Å². The van der Waals surface area contributed by atoms with Crippen LogP contribution in [0.3, 0.4) is 0 Å². The first-order chi connectivity index (χ1) is 12.7. The average Bonchev–Trinajstić information content (AvgIpc) is 2.68. The summed E-state index contributed by atoms with van der Waals surface area (Å²) in [5, 5.41) is 0. The Hall–Kier alpha value is -1.56. The molecule has 2 aromatic carbocycles. The summed E-state index contributed by atoms with van der Waals surface area (Å²) < 4.78 is 0. The topological polar surface area (TPSA) is 0 Å². The van der Waals surface area contributed by atoms with Crippen molar-refractivity contribution in [1.29, 1.82) is 0 Å². The summed E-state index contributed by atoms with van der Waals surface area (Å²) in [6.45, 7) is 6.92. The lowest BCUT2D eigenvalue weighted by Crippen LogP contribution is -2.14. The van der Waals surface area contributed by atoms with Crippen molar-refractivity contribution in [3.63, 3.8) is 0 Å². The second-order valence-corrected chi connectivity index (χ2v) is 8.50. The second-order valence-electron chi connectivity index (χ2n) is 8.50. The van der Waals surface area contributed by atoms with E-state index in [2.05, 4.69) is 63.2 Å². The predicted molar refractivity (Wildman–Crippen MR) is 115 cm³/mol. The Morgan fingerprint density at radius 3 is 2.42 bits per heavy atom. The van der Waals surface area contributed by atoms with Crippen molar-refractivity contribution in [1.82, 2.24) is 0 Å². The first-order valence-electron chi connectivity index (χ1n) is 10.9. The van der Waals surface area contributed by atoms with Gasteiger partial charge in [0.25, 0.3) is 0 Å². The third-order valence-electron chi connectivity index (χ3n) is 6.32. The normalized spacial score (nSPS) is 17.7. The number of fused-ring (bicyclic) bond motifs is 1. The molecule has 0 aromatic heterocycles. The van der Waals surface area contributed by atoms with Gasteiger partial charge in [0.1, 0.15) is 0 Å². The predicted octanol–water partition coefficient (Wildman–Crippen LogP) is 7.63. The molecule has 26 heavy (non-hydrogen) atoms. The zero-order chi connectivity index (χ0) is 18.4. The van der Waals surface area contributed by atoms with Crippen molar-refractivity contribution in [2.45, 2.75) is 78.6 Å². The molecule has 3 rings (SSSR count). The number of hydrogen-bond acceptors (Lipinski definition) is 0. The zero-order valence-electron chi connectivity index (χ0n) is 17.1. The van der Waals surface area contributed by atoms with E-state index in [9.17, 15) is 0 Å². The van der Waals surface area contributed by atoms with Crippen molar-refractivity contribution >= 4 is 0 Å². The minimum Gasteiger partial charge on any atom is -0.0654 e. The molecule has 0 saturated heterocycles. The number of benzene rings is 2. The molecule has 140 valence electrons. The maximum Gasteiger partial charge on any atom is -0.0181 e. The molecule has 2 aromatic rings. The summed E-state index contributed by atoms with van der Waals surface area (Å²) in [6, 6.07) is 16.5. The van der Waals surface area contributed by atoms with Crippen LogP contribution in [0.5, 0.6) is 0 Å².